The Kier molecular flexibility index (Phi) is 7.50. The van der Waals surface area contributed by atoms with Gasteiger partial charge in [-0.05, 0) is 73.9 Å². The average molecular weight is 464 g/mol. The lowest BCUT2D eigenvalue weighted by molar-refractivity contribution is -0.118. The summed E-state index contributed by atoms with van der Waals surface area (Å²) in [6.45, 7) is 1.95. The molecule has 0 fully saturated rings. The van der Waals surface area contributed by atoms with E-state index in [9.17, 15) is 4.79 Å². The van der Waals surface area contributed by atoms with Crippen molar-refractivity contribution in [3.05, 3.63) is 82.9 Å². The topological polar surface area (TPSA) is 56.1 Å². The molecule has 0 spiro atoms. The van der Waals surface area contributed by atoms with Crippen molar-refractivity contribution in [1.29, 1.82) is 0 Å². The van der Waals surface area contributed by atoms with Crippen molar-refractivity contribution in [3.8, 4) is 11.4 Å². The number of hydrogen-bond acceptors (Lipinski definition) is 3. The Hall–Kier alpha value is -3.05. The van der Waals surface area contributed by atoms with Crippen LogP contribution >= 0.6 is 11.6 Å². The number of methoxy groups -OCH3 is 1. The average Bonchev–Trinajstić information content (AvgIpc) is 3.27. The second-order valence-corrected chi connectivity index (χ2v) is 8.88. The number of aromatic nitrogens is 2. The van der Waals surface area contributed by atoms with Gasteiger partial charge in [0.2, 0.25) is 5.91 Å². The molecule has 6 heteroatoms. The Morgan fingerprint density at radius 2 is 2.09 bits per heavy atom. The van der Waals surface area contributed by atoms with Crippen molar-refractivity contribution >= 4 is 23.6 Å². The number of alkyl halides is 1. The fourth-order valence-corrected chi connectivity index (χ4v) is 4.49. The maximum Gasteiger partial charge on any atom is 0.247 e. The lowest BCUT2D eigenvalue weighted by Crippen LogP contribution is -2.39. The number of aryl methyl sites for hydroxylation is 2. The third-order valence-corrected chi connectivity index (χ3v) is 6.36. The normalized spacial score (nSPS) is 15.7. The molecule has 0 radical (unpaired) electrons. The van der Waals surface area contributed by atoms with E-state index in [-0.39, 0.29) is 11.9 Å². The maximum absolute atomic E-state index is 13.2. The van der Waals surface area contributed by atoms with Gasteiger partial charge in [-0.1, -0.05) is 30.3 Å². The number of nitrogens with one attached hydrogen (secondary N) is 1. The predicted octanol–water partition coefficient (Wildman–Crippen LogP) is 5.27. The minimum Gasteiger partial charge on any atom is -0.495 e. The van der Waals surface area contributed by atoms with E-state index in [1.165, 1.54) is 11.1 Å². The van der Waals surface area contributed by atoms with E-state index >= 15 is 0 Å². The molecule has 172 valence electrons. The summed E-state index contributed by atoms with van der Waals surface area (Å²) < 4.78 is 7.56. The number of carbonyl (C=O) groups is 1. The molecule has 1 N–H and O–H groups in total. The molecular weight excluding hydrogens is 434 g/mol. The van der Waals surface area contributed by atoms with Crippen molar-refractivity contribution in [2.75, 3.05) is 13.0 Å². The van der Waals surface area contributed by atoms with Gasteiger partial charge in [0.1, 0.15) is 5.75 Å². The Morgan fingerprint density at radius 1 is 1.27 bits per heavy atom. The number of carbonyl (C=O) groups excluding carboxylic acids is 1. The molecule has 0 bridgehead atoms. The molecule has 2 aromatic carbocycles. The summed E-state index contributed by atoms with van der Waals surface area (Å²) in [4.78, 5) is 17.5. The van der Waals surface area contributed by atoms with Gasteiger partial charge >= 0.3 is 0 Å². The second kappa shape index (κ2) is 10.7. The van der Waals surface area contributed by atoms with Gasteiger partial charge in [0.25, 0.3) is 0 Å². The van der Waals surface area contributed by atoms with Crippen LogP contribution in [0.2, 0.25) is 0 Å². The van der Waals surface area contributed by atoms with E-state index in [1.807, 2.05) is 42.0 Å². The smallest absolute Gasteiger partial charge is 0.247 e. The number of nitrogens with zero attached hydrogens (tertiary/aromatic N) is 2. The highest BCUT2D eigenvalue weighted by Crippen LogP contribution is 2.27. The monoisotopic (exact) mass is 463 g/mol. The van der Waals surface area contributed by atoms with Crippen LogP contribution in [0.1, 0.15) is 41.6 Å². The highest BCUT2D eigenvalue weighted by Gasteiger charge is 2.21. The zero-order chi connectivity index (χ0) is 23.2. The second-order valence-electron chi connectivity index (χ2n) is 8.50. The fourth-order valence-electron chi connectivity index (χ4n) is 4.36. The van der Waals surface area contributed by atoms with Crippen molar-refractivity contribution in [2.45, 2.75) is 45.1 Å². The maximum atomic E-state index is 13.2. The molecule has 1 aliphatic carbocycles. The van der Waals surface area contributed by atoms with Gasteiger partial charge in [-0.3, -0.25) is 4.79 Å². The summed E-state index contributed by atoms with van der Waals surface area (Å²) in [5.41, 5.74) is 6.22. The first kappa shape index (κ1) is 23.1. The van der Waals surface area contributed by atoms with E-state index < -0.39 is 0 Å². The lowest BCUT2D eigenvalue weighted by Gasteiger charge is -2.26. The van der Waals surface area contributed by atoms with Crippen LogP contribution in [0.3, 0.4) is 0 Å². The molecule has 0 saturated carbocycles. The summed E-state index contributed by atoms with van der Waals surface area (Å²) in [7, 11) is 1.65. The number of rotatable bonds is 8. The standard InChI is InChI=1S/C27H30ClN3O2/c1-19-17-31(18-29-19)25-12-9-20(15-26(25)33-2)14-23(8-5-13-28)27(32)30-24-11-10-21-6-3-4-7-22(21)16-24/h3-4,6-7,9,12,14-15,17-18,24H,5,8,10-11,13,16H2,1-2H3,(H,30,32). The Balaban J connectivity index is 1.54. The van der Waals surface area contributed by atoms with Crippen LogP contribution in [0.5, 0.6) is 5.75 Å². The van der Waals surface area contributed by atoms with Crippen LogP contribution < -0.4 is 10.1 Å². The fraction of sp³-hybridized carbons (Fsp3) is 0.333. The van der Waals surface area contributed by atoms with Crippen LogP contribution in [-0.4, -0.2) is 34.5 Å². The van der Waals surface area contributed by atoms with E-state index in [2.05, 4.69) is 34.6 Å². The van der Waals surface area contributed by atoms with Crippen LogP contribution in [0.15, 0.2) is 60.6 Å². The number of hydrogen-bond donors (Lipinski definition) is 1. The Bertz CT molecular complexity index is 1150. The molecule has 1 aromatic heterocycles. The van der Waals surface area contributed by atoms with Gasteiger partial charge in [0.15, 0.2) is 0 Å². The summed E-state index contributed by atoms with van der Waals surface area (Å²) >= 11 is 5.95. The first-order valence-electron chi connectivity index (χ1n) is 11.4. The summed E-state index contributed by atoms with van der Waals surface area (Å²) in [5.74, 6) is 1.23. The van der Waals surface area contributed by atoms with Crippen LogP contribution in [0.4, 0.5) is 0 Å². The van der Waals surface area contributed by atoms with Gasteiger partial charge in [-0.25, -0.2) is 4.98 Å². The highest BCUT2D eigenvalue weighted by molar-refractivity contribution is 6.17. The number of imidazole rings is 1. The van der Waals surface area contributed by atoms with Gasteiger partial charge in [-0.2, -0.15) is 0 Å². The van der Waals surface area contributed by atoms with Gasteiger partial charge in [-0.15, -0.1) is 11.6 Å². The van der Waals surface area contributed by atoms with Gasteiger partial charge in [0.05, 0.1) is 24.8 Å². The molecule has 33 heavy (non-hydrogen) atoms. The van der Waals surface area contributed by atoms with Crippen molar-refractivity contribution in [3.63, 3.8) is 0 Å². The molecule has 4 rings (SSSR count). The molecule has 5 nitrogen and oxygen atoms in total. The van der Waals surface area contributed by atoms with Crippen molar-refractivity contribution in [1.82, 2.24) is 14.9 Å². The number of benzene rings is 2. The molecular formula is C27H30ClN3O2. The third-order valence-electron chi connectivity index (χ3n) is 6.09. The van der Waals surface area contributed by atoms with E-state index in [1.54, 1.807) is 13.4 Å². The third kappa shape index (κ3) is 5.66. The van der Waals surface area contributed by atoms with E-state index in [4.69, 9.17) is 16.3 Å². The SMILES string of the molecule is COc1cc(C=C(CCCCl)C(=O)NC2CCc3ccccc3C2)ccc1-n1cnc(C)c1. The highest BCUT2D eigenvalue weighted by atomic mass is 35.5. The number of amides is 1. The molecule has 1 heterocycles. The summed E-state index contributed by atoms with van der Waals surface area (Å²) in [6, 6.07) is 14.6. The predicted molar refractivity (Wildman–Crippen MR) is 133 cm³/mol. The number of fused-ring (bicyclic) bond motifs is 1. The number of ether oxygens (including phenoxy) is 1. The molecule has 1 atom stereocenters. The molecule has 0 aliphatic heterocycles. The zero-order valence-corrected chi connectivity index (χ0v) is 19.9. The molecule has 0 saturated heterocycles. The largest absolute Gasteiger partial charge is 0.495 e. The Morgan fingerprint density at radius 3 is 2.82 bits per heavy atom. The van der Waals surface area contributed by atoms with Crippen LogP contribution in [0.25, 0.3) is 11.8 Å². The van der Waals surface area contributed by atoms with Crippen LogP contribution in [0, 0.1) is 6.92 Å². The minimum atomic E-state index is -0.0159. The van der Waals surface area contributed by atoms with Gasteiger partial charge in [0, 0.05) is 23.7 Å². The number of halogens is 1. The Labute approximate surface area is 200 Å². The molecule has 3 aromatic rings. The molecule has 1 aliphatic rings. The first-order valence-corrected chi connectivity index (χ1v) is 11.9. The lowest BCUT2D eigenvalue weighted by atomic mass is 9.88. The van der Waals surface area contributed by atoms with Crippen LogP contribution in [-0.2, 0) is 17.6 Å². The van der Waals surface area contributed by atoms with Gasteiger partial charge < -0.3 is 14.6 Å². The minimum absolute atomic E-state index is 0.0159. The van der Waals surface area contributed by atoms with E-state index in [0.717, 1.165) is 54.0 Å². The first-order chi connectivity index (χ1) is 16.1. The van der Waals surface area contributed by atoms with E-state index in [0.29, 0.717) is 12.3 Å². The quantitative estimate of drug-likeness (QED) is 0.366. The molecule has 1 amide bonds. The summed E-state index contributed by atoms with van der Waals surface area (Å²) in [5, 5.41) is 3.26. The molecule has 1 unspecified atom stereocenters. The van der Waals surface area contributed by atoms with Crippen molar-refractivity contribution < 1.29 is 9.53 Å². The van der Waals surface area contributed by atoms with Crippen molar-refractivity contribution in [2.24, 2.45) is 0 Å². The summed E-state index contributed by atoms with van der Waals surface area (Å²) in [6.07, 6.45) is 9.87. The zero-order valence-electron chi connectivity index (χ0n) is 19.2.